The topological polar surface area (TPSA) is 208 Å². The van der Waals surface area contributed by atoms with Crippen molar-refractivity contribution in [2.24, 2.45) is 23.5 Å². The second-order valence-corrected chi connectivity index (χ2v) is 9.65. The summed E-state index contributed by atoms with van der Waals surface area (Å²) in [5, 5.41) is 55.6. The Balaban J connectivity index is 2.01. The number of benzene rings is 1. The molecule has 0 radical (unpaired) electrons. The third-order valence-electron chi connectivity index (χ3n) is 7.30. The molecule has 0 spiro atoms. The second-order valence-electron chi connectivity index (χ2n) is 9.65. The molecule has 0 heterocycles. The van der Waals surface area contributed by atoms with Crippen LogP contribution in [0.2, 0.25) is 0 Å². The number of aromatic hydroxyl groups is 1. The Morgan fingerprint density at radius 2 is 1.75 bits per heavy atom. The van der Waals surface area contributed by atoms with Gasteiger partial charge in [-0.2, -0.15) is 0 Å². The van der Waals surface area contributed by atoms with Crippen LogP contribution in [-0.2, 0) is 20.8 Å². The van der Waals surface area contributed by atoms with Gasteiger partial charge in [0.1, 0.15) is 17.1 Å². The summed E-state index contributed by atoms with van der Waals surface area (Å²) in [6.45, 7) is 0. The van der Waals surface area contributed by atoms with Crippen LogP contribution in [0.4, 0.5) is 11.4 Å². The number of carbonyl (C=O) groups excluding carboxylic acids is 3. The summed E-state index contributed by atoms with van der Waals surface area (Å²) in [6, 6.07) is 0.0186. The molecule has 6 N–H and O–H groups in total. The molecule has 36 heavy (non-hydrogen) atoms. The van der Waals surface area contributed by atoms with Crippen molar-refractivity contribution in [3.05, 3.63) is 44.2 Å². The van der Waals surface area contributed by atoms with Gasteiger partial charge in [-0.1, -0.05) is 0 Å². The van der Waals surface area contributed by atoms with Gasteiger partial charge in [-0.25, -0.2) is 0 Å². The second kappa shape index (κ2) is 8.31. The molecule has 5 atom stereocenters. The maximum absolute atomic E-state index is 13.7. The first-order chi connectivity index (χ1) is 16.7. The SMILES string of the molecule is CN(C)c1cc([N+](=O)[O-])c(O)c2c1CC1C(=C2O)C(=O)C2C(=O)C(C(N)=O)=C(O)[C@@H](N(C)C)C2[C@H]1O. The van der Waals surface area contributed by atoms with Crippen molar-refractivity contribution in [2.45, 2.75) is 18.6 Å². The molecule has 3 aliphatic rings. The Kier molecular flexibility index (Phi) is 5.80. The summed E-state index contributed by atoms with van der Waals surface area (Å²) in [4.78, 5) is 52.6. The Hall–Kier alpha value is -3.97. The van der Waals surface area contributed by atoms with Crippen molar-refractivity contribution in [1.82, 2.24) is 4.90 Å². The largest absolute Gasteiger partial charge is 0.510 e. The number of rotatable bonds is 4. The zero-order chi connectivity index (χ0) is 27.0. The molecule has 13 heteroatoms. The maximum atomic E-state index is 13.7. The lowest BCUT2D eigenvalue weighted by Gasteiger charge is -2.49. The van der Waals surface area contributed by atoms with E-state index in [1.54, 1.807) is 14.1 Å². The van der Waals surface area contributed by atoms with Crippen LogP contribution in [0.15, 0.2) is 23.0 Å². The van der Waals surface area contributed by atoms with Gasteiger partial charge in [0.2, 0.25) is 5.75 Å². The minimum absolute atomic E-state index is 0.106. The van der Waals surface area contributed by atoms with Gasteiger partial charge in [0.25, 0.3) is 5.91 Å². The molecule has 13 nitrogen and oxygen atoms in total. The summed E-state index contributed by atoms with van der Waals surface area (Å²) in [5.41, 5.74) is 3.68. The molecular formula is C23H26N4O9. The summed E-state index contributed by atoms with van der Waals surface area (Å²) >= 11 is 0. The number of nitrogens with two attached hydrogens (primary N) is 1. The number of nitro benzene ring substituents is 1. The van der Waals surface area contributed by atoms with Gasteiger partial charge in [-0.3, -0.25) is 29.4 Å². The highest BCUT2D eigenvalue weighted by Gasteiger charge is 2.60. The summed E-state index contributed by atoms with van der Waals surface area (Å²) in [5.74, 6) is -9.46. The number of nitrogens with zero attached hydrogens (tertiary/aromatic N) is 3. The number of aliphatic hydroxyl groups excluding tert-OH is 3. The highest BCUT2D eigenvalue weighted by molar-refractivity contribution is 6.28. The standard InChI is InChI=1S/C23H26N4O9/c1-25(2)9-6-10(27(35)36)18(29)11-7(9)5-8-12(19(11)30)20(31)14-13(17(8)28)16(26(3)4)22(33)15(21(14)32)23(24)34/h6,8,13-14,16-17,28-30,33H,5H2,1-4H3,(H2,24,34)/t8?,13?,14?,16-,17-/m0/s1. The van der Waals surface area contributed by atoms with E-state index in [1.807, 2.05) is 0 Å². The van der Waals surface area contributed by atoms with Crippen molar-refractivity contribution in [3.8, 4) is 5.75 Å². The predicted octanol–water partition coefficient (Wildman–Crippen LogP) is -0.206. The van der Waals surface area contributed by atoms with Crippen LogP contribution in [-0.4, -0.2) is 88.1 Å². The molecule has 4 rings (SSSR count). The third kappa shape index (κ3) is 3.27. The van der Waals surface area contributed by atoms with E-state index in [4.69, 9.17) is 5.73 Å². The van der Waals surface area contributed by atoms with Gasteiger partial charge in [0.15, 0.2) is 11.6 Å². The predicted molar refractivity (Wildman–Crippen MR) is 125 cm³/mol. The molecule has 1 fully saturated rings. The minimum Gasteiger partial charge on any atom is -0.510 e. The Bertz CT molecular complexity index is 1300. The van der Waals surface area contributed by atoms with Gasteiger partial charge < -0.3 is 31.1 Å². The lowest BCUT2D eigenvalue weighted by Crippen LogP contribution is -2.61. The van der Waals surface area contributed by atoms with Crippen LogP contribution < -0.4 is 10.6 Å². The van der Waals surface area contributed by atoms with Crippen molar-refractivity contribution in [1.29, 1.82) is 0 Å². The molecular weight excluding hydrogens is 476 g/mol. The average Bonchev–Trinajstić information content (AvgIpc) is 2.75. The number of anilines is 1. The van der Waals surface area contributed by atoms with Gasteiger partial charge in [0, 0.05) is 43.3 Å². The van der Waals surface area contributed by atoms with E-state index in [2.05, 4.69) is 0 Å². The lowest BCUT2D eigenvalue weighted by atomic mass is 9.58. The van der Waals surface area contributed by atoms with Gasteiger partial charge in [0.05, 0.1) is 28.6 Å². The van der Waals surface area contributed by atoms with E-state index in [9.17, 15) is 44.9 Å². The number of phenolic OH excluding ortho intramolecular Hbond substituents is 1. The number of nitro groups is 1. The number of ketones is 2. The molecule has 192 valence electrons. The average molecular weight is 502 g/mol. The number of hydrogen-bond donors (Lipinski definition) is 5. The first-order valence-corrected chi connectivity index (χ1v) is 11.0. The van der Waals surface area contributed by atoms with Crippen LogP contribution in [0.3, 0.4) is 0 Å². The molecule has 0 bridgehead atoms. The first kappa shape index (κ1) is 25.1. The molecule has 1 aromatic rings. The van der Waals surface area contributed by atoms with Crippen molar-refractivity contribution < 1.29 is 39.7 Å². The van der Waals surface area contributed by atoms with Crippen molar-refractivity contribution in [2.75, 3.05) is 33.1 Å². The molecule has 1 aromatic carbocycles. The lowest BCUT2D eigenvalue weighted by molar-refractivity contribution is -0.385. The van der Waals surface area contributed by atoms with Crippen LogP contribution >= 0.6 is 0 Å². The van der Waals surface area contributed by atoms with E-state index < -0.39 is 80.8 Å². The third-order valence-corrected chi connectivity index (χ3v) is 7.30. The minimum atomic E-state index is -1.66. The van der Waals surface area contributed by atoms with Crippen LogP contribution in [0.25, 0.3) is 5.76 Å². The first-order valence-electron chi connectivity index (χ1n) is 11.0. The number of phenols is 1. The number of aliphatic hydroxyl groups is 3. The van der Waals surface area contributed by atoms with E-state index in [0.717, 1.165) is 6.07 Å². The Morgan fingerprint density at radius 3 is 2.25 bits per heavy atom. The highest BCUT2D eigenvalue weighted by atomic mass is 16.6. The fraction of sp³-hybridized carbons (Fsp3) is 0.435. The van der Waals surface area contributed by atoms with Crippen molar-refractivity contribution in [3.63, 3.8) is 0 Å². The Labute approximate surface area is 204 Å². The molecule has 0 aliphatic heterocycles. The highest BCUT2D eigenvalue weighted by Crippen LogP contribution is 2.53. The van der Waals surface area contributed by atoms with Crippen LogP contribution in [0.1, 0.15) is 11.1 Å². The summed E-state index contributed by atoms with van der Waals surface area (Å²) < 4.78 is 0. The van der Waals surface area contributed by atoms with E-state index in [-0.39, 0.29) is 28.8 Å². The number of primary amides is 1. The normalized spacial score (nSPS) is 27.6. The number of amides is 1. The van der Waals surface area contributed by atoms with E-state index in [1.165, 1.54) is 23.9 Å². The van der Waals surface area contributed by atoms with Gasteiger partial charge in [-0.15, -0.1) is 0 Å². The van der Waals surface area contributed by atoms with Crippen molar-refractivity contribution >= 4 is 34.6 Å². The number of Topliss-reactive ketones (excluding diaryl/α,β-unsaturated/α-hetero) is 2. The molecule has 1 saturated carbocycles. The number of carbonyl (C=O) groups is 3. The van der Waals surface area contributed by atoms with E-state index >= 15 is 0 Å². The van der Waals surface area contributed by atoms with Gasteiger partial charge >= 0.3 is 5.69 Å². The zero-order valence-corrected chi connectivity index (χ0v) is 19.9. The molecule has 1 amide bonds. The number of likely N-dealkylation sites (N-methyl/N-ethyl adjacent to an activating group) is 1. The smallest absolute Gasteiger partial charge is 0.313 e. The van der Waals surface area contributed by atoms with Crippen LogP contribution in [0, 0.1) is 27.9 Å². The molecule has 3 unspecified atom stereocenters. The fourth-order valence-electron chi connectivity index (χ4n) is 5.83. The Morgan fingerprint density at radius 1 is 1.14 bits per heavy atom. The van der Waals surface area contributed by atoms with Gasteiger partial charge in [-0.05, 0) is 26.1 Å². The van der Waals surface area contributed by atoms with E-state index in [0.29, 0.717) is 0 Å². The van der Waals surface area contributed by atoms with Crippen LogP contribution in [0.5, 0.6) is 5.75 Å². The summed E-state index contributed by atoms with van der Waals surface area (Å²) in [7, 11) is 6.26. The summed E-state index contributed by atoms with van der Waals surface area (Å²) in [6.07, 6.45) is -1.57. The fourth-order valence-corrected chi connectivity index (χ4v) is 5.83. The number of fused-ring (bicyclic) bond motifs is 3. The quantitative estimate of drug-likeness (QED) is 0.157. The number of hydrogen-bond acceptors (Lipinski definition) is 11. The molecule has 0 saturated heterocycles. The molecule has 3 aliphatic carbocycles. The molecule has 0 aromatic heterocycles. The maximum Gasteiger partial charge on any atom is 0.313 e. The monoisotopic (exact) mass is 502 g/mol. The zero-order valence-electron chi connectivity index (χ0n) is 19.9.